The van der Waals surface area contributed by atoms with E-state index in [1.807, 2.05) is 0 Å². The fourth-order valence-electron chi connectivity index (χ4n) is 11.7. The third-order valence-electron chi connectivity index (χ3n) is 14.0. The zero-order valence-electron chi connectivity index (χ0n) is 30.1. The van der Waals surface area contributed by atoms with Crippen LogP contribution in [0.4, 0.5) is 0 Å². The van der Waals surface area contributed by atoms with Crippen LogP contribution in [0, 0.1) is 57.7 Å². The number of aliphatic hydroxyl groups is 2. The first kappa shape index (κ1) is 37.6. The van der Waals surface area contributed by atoms with Crippen molar-refractivity contribution in [3.05, 3.63) is 0 Å². The van der Waals surface area contributed by atoms with Crippen molar-refractivity contribution in [2.45, 2.75) is 125 Å². The molecular formula is C37H68N4O5. The van der Waals surface area contributed by atoms with E-state index in [-0.39, 0.29) is 69.9 Å². The number of aliphatic hydroxyl groups excluding tert-OH is 2. The molecule has 4 saturated carbocycles. The Morgan fingerprint density at radius 2 is 1.63 bits per heavy atom. The highest BCUT2D eigenvalue weighted by Gasteiger charge is 2.72. The van der Waals surface area contributed by atoms with Crippen molar-refractivity contribution in [2.75, 3.05) is 39.3 Å². The first-order valence-corrected chi connectivity index (χ1v) is 18.6. The Labute approximate surface area is 279 Å². The minimum Gasteiger partial charge on any atom is -0.462 e. The summed E-state index contributed by atoms with van der Waals surface area (Å²) < 4.78 is 6.20. The molecule has 1 amide bonds. The quantitative estimate of drug-likeness (QED) is 0.178. The lowest BCUT2D eigenvalue weighted by Gasteiger charge is -2.69. The Balaban J connectivity index is 1.67. The lowest BCUT2D eigenvalue weighted by Crippen LogP contribution is -2.66. The number of carbonyl (C=O) groups excluding carboxylic acids is 2. The molecule has 12 atom stereocenters. The molecule has 9 nitrogen and oxygen atoms in total. The average Bonchev–Trinajstić information content (AvgIpc) is 3.24. The van der Waals surface area contributed by atoms with Gasteiger partial charge in [-0.25, -0.2) is 0 Å². The molecule has 4 fully saturated rings. The molecule has 0 aromatic carbocycles. The van der Waals surface area contributed by atoms with E-state index < -0.39 is 6.10 Å². The smallest absolute Gasteiger partial charge is 0.302 e. The molecule has 0 bridgehead atoms. The van der Waals surface area contributed by atoms with E-state index in [1.54, 1.807) is 0 Å². The standard InChI is InChI=1S/C37H68N4O5/c1-23(2)9-8-10-26(34(45)40-17-20-41(18-15-38)19-16-39)32-28-21-30(44)33-35(5)13-12-29(43)24(3)27(35)11-14-36(33,6)37(28,7)22-31(32)46-25(4)42/h23-24,26-33,43-44H,8-22,38-39H2,1-7H3,(H,40,45)/t24-,26-,27?,28?,29+,30+,31-,32-,33?,35-,36-,37-/m0/s1. The van der Waals surface area contributed by atoms with Gasteiger partial charge in [-0.3, -0.25) is 14.5 Å². The molecule has 4 aliphatic carbocycles. The van der Waals surface area contributed by atoms with Crippen LogP contribution in [0.3, 0.4) is 0 Å². The Bertz CT molecular complexity index is 1040. The maximum Gasteiger partial charge on any atom is 0.302 e. The van der Waals surface area contributed by atoms with E-state index in [0.29, 0.717) is 44.4 Å². The van der Waals surface area contributed by atoms with Gasteiger partial charge >= 0.3 is 5.97 Å². The minimum atomic E-state index is -0.502. The zero-order valence-corrected chi connectivity index (χ0v) is 30.1. The fourth-order valence-corrected chi connectivity index (χ4v) is 11.7. The summed E-state index contributed by atoms with van der Waals surface area (Å²) in [6.45, 7) is 19.0. The van der Waals surface area contributed by atoms with Crippen LogP contribution in [-0.4, -0.2) is 84.6 Å². The van der Waals surface area contributed by atoms with Gasteiger partial charge in [0.05, 0.1) is 12.2 Å². The number of esters is 1. The second-order valence-electron chi connectivity index (χ2n) is 16.9. The SMILES string of the molecule is CC(=O)O[C@H]1C[C@@]2(C)C(C[C@@H](O)C3[C@@]4(C)CC[C@@H](O)[C@@H](C)C4CC[C@@]32C)[C@@H]1[C@H](CCCC(C)C)C(=O)NCCN(CCN)CCN. The molecule has 3 unspecified atom stereocenters. The molecule has 7 N–H and O–H groups in total. The molecule has 46 heavy (non-hydrogen) atoms. The van der Waals surface area contributed by atoms with Crippen LogP contribution in [0.25, 0.3) is 0 Å². The monoisotopic (exact) mass is 649 g/mol. The number of hydrogen-bond acceptors (Lipinski definition) is 8. The average molecular weight is 649 g/mol. The third kappa shape index (κ3) is 7.05. The second kappa shape index (κ2) is 15.1. The predicted octanol–water partition coefficient (Wildman–Crippen LogP) is 3.93. The molecule has 0 saturated heterocycles. The molecule has 0 radical (unpaired) electrons. The molecule has 0 aromatic heterocycles. The van der Waals surface area contributed by atoms with E-state index in [1.165, 1.54) is 6.92 Å². The van der Waals surface area contributed by atoms with Crippen LogP contribution in [0.15, 0.2) is 0 Å². The lowest BCUT2D eigenvalue weighted by molar-refractivity contribution is -0.239. The largest absolute Gasteiger partial charge is 0.462 e. The van der Waals surface area contributed by atoms with Crippen LogP contribution < -0.4 is 16.8 Å². The number of fused-ring (bicyclic) bond motifs is 5. The maximum absolute atomic E-state index is 14.3. The number of nitrogens with two attached hydrogens (primary N) is 2. The van der Waals surface area contributed by atoms with Gasteiger partial charge in [0.2, 0.25) is 5.91 Å². The third-order valence-corrected chi connectivity index (χ3v) is 14.0. The van der Waals surface area contributed by atoms with Gasteiger partial charge < -0.3 is 31.7 Å². The van der Waals surface area contributed by atoms with Gasteiger partial charge in [0.25, 0.3) is 0 Å². The molecule has 0 aromatic rings. The van der Waals surface area contributed by atoms with Crippen molar-refractivity contribution in [3.63, 3.8) is 0 Å². The minimum absolute atomic E-state index is 0.0307. The maximum atomic E-state index is 14.3. The van der Waals surface area contributed by atoms with Gasteiger partial charge in [-0.1, -0.05) is 54.4 Å². The van der Waals surface area contributed by atoms with Gasteiger partial charge in [0.15, 0.2) is 0 Å². The Morgan fingerprint density at radius 1 is 0.957 bits per heavy atom. The van der Waals surface area contributed by atoms with Gasteiger partial charge in [-0.05, 0) is 90.8 Å². The van der Waals surface area contributed by atoms with Crippen molar-refractivity contribution in [1.82, 2.24) is 10.2 Å². The first-order valence-electron chi connectivity index (χ1n) is 18.6. The summed E-state index contributed by atoms with van der Waals surface area (Å²) in [4.78, 5) is 29.1. The molecular weight excluding hydrogens is 580 g/mol. The number of ether oxygens (including phenoxy) is 1. The fraction of sp³-hybridized carbons (Fsp3) is 0.946. The van der Waals surface area contributed by atoms with Gasteiger partial charge in [0, 0.05) is 58.0 Å². The summed E-state index contributed by atoms with van der Waals surface area (Å²) in [6.07, 6.45) is 6.58. The van der Waals surface area contributed by atoms with Crippen molar-refractivity contribution in [1.29, 1.82) is 0 Å². The van der Waals surface area contributed by atoms with Crippen LogP contribution in [0.5, 0.6) is 0 Å². The molecule has 0 heterocycles. The van der Waals surface area contributed by atoms with Crippen molar-refractivity contribution >= 4 is 11.9 Å². The molecule has 4 aliphatic rings. The van der Waals surface area contributed by atoms with E-state index in [2.05, 4.69) is 51.8 Å². The normalized spacial score (nSPS) is 41.1. The van der Waals surface area contributed by atoms with Gasteiger partial charge in [0.1, 0.15) is 6.10 Å². The van der Waals surface area contributed by atoms with Crippen molar-refractivity contribution in [3.8, 4) is 0 Å². The molecule has 0 aliphatic heterocycles. The summed E-state index contributed by atoms with van der Waals surface area (Å²) in [5.74, 6) is 0.535. The lowest BCUT2D eigenvalue weighted by atomic mass is 9.36. The van der Waals surface area contributed by atoms with E-state index >= 15 is 0 Å². The Kier molecular flexibility index (Phi) is 12.3. The summed E-state index contributed by atoms with van der Waals surface area (Å²) in [5, 5.41) is 26.3. The highest BCUT2D eigenvalue weighted by atomic mass is 16.5. The summed E-state index contributed by atoms with van der Waals surface area (Å²) in [5.41, 5.74) is 11.2. The topological polar surface area (TPSA) is 151 Å². The zero-order chi connectivity index (χ0) is 34.0. The summed E-state index contributed by atoms with van der Waals surface area (Å²) in [6, 6.07) is 0. The highest BCUT2D eigenvalue weighted by Crippen LogP contribution is 2.74. The molecule has 9 heteroatoms. The van der Waals surface area contributed by atoms with Crippen LogP contribution in [0.2, 0.25) is 0 Å². The number of hydrogen-bond donors (Lipinski definition) is 5. The summed E-state index contributed by atoms with van der Waals surface area (Å²) in [7, 11) is 0. The second-order valence-corrected chi connectivity index (χ2v) is 16.9. The van der Waals surface area contributed by atoms with E-state index in [4.69, 9.17) is 16.2 Å². The van der Waals surface area contributed by atoms with Crippen LogP contribution in [0.1, 0.15) is 106 Å². The number of nitrogens with zero attached hydrogens (tertiary/aromatic N) is 1. The van der Waals surface area contributed by atoms with Crippen molar-refractivity contribution in [2.24, 2.45) is 69.1 Å². The van der Waals surface area contributed by atoms with E-state index in [9.17, 15) is 19.8 Å². The number of amides is 1. The van der Waals surface area contributed by atoms with Crippen LogP contribution in [-0.2, 0) is 14.3 Å². The first-order chi connectivity index (χ1) is 21.6. The molecule has 266 valence electrons. The van der Waals surface area contributed by atoms with Crippen molar-refractivity contribution < 1.29 is 24.5 Å². The van der Waals surface area contributed by atoms with Gasteiger partial charge in [-0.15, -0.1) is 0 Å². The summed E-state index contributed by atoms with van der Waals surface area (Å²) >= 11 is 0. The predicted molar refractivity (Wildman–Crippen MR) is 182 cm³/mol. The van der Waals surface area contributed by atoms with E-state index in [0.717, 1.165) is 64.5 Å². The number of rotatable bonds is 14. The molecule has 4 rings (SSSR count). The Hall–Kier alpha value is -1.26. The highest BCUT2D eigenvalue weighted by molar-refractivity contribution is 5.79. The van der Waals surface area contributed by atoms with Crippen LogP contribution >= 0.6 is 0 Å². The van der Waals surface area contributed by atoms with Gasteiger partial charge in [-0.2, -0.15) is 0 Å². The Morgan fingerprint density at radius 3 is 2.24 bits per heavy atom. The number of carbonyl (C=O) groups is 2. The number of nitrogens with one attached hydrogen (secondary N) is 1. The molecule has 0 spiro atoms.